The number of carbonyl (C=O) groups is 1. The zero-order valence-electron chi connectivity index (χ0n) is 30.5. The number of pyridine rings is 2. The lowest BCUT2D eigenvalue weighted by atomic mass is 9.97. The van der Waals surface area contributed by atoms with Gasteiger partial charge in [0.15, 0.2) is 17.2 Å². The summed E-state index contributed by atoms with van der Waals surface area (Å²) in [6, 6.07) is 17.2. The van der Waals surface area contributed by atoms with Crippen molar-refractivity contribution in [1.29, 1.82) is 0 Å². The Morgan fingerprint density at radius 3 is 2.66 bits per heavy atom. The van der Waals surface area contributed by atoms with Crippen molar-refractivity contribution in [1.82, 2.24) is 24.8 Å². The Morgan fingerprint density at radius 2 is 1.88 bits per heavy atom. The number of β-amino-alcohol motifs (C(OH)–C–C–N with tert-alkyl or cyclic N) is 1. The quantitative estimate of drug-likeness (QED) is 0.124. The van der Waals surface area contributed by atoms with Crippen LogP contribution in [0.5, 0.6) is 5.75 Å². The highest BCUT2D eigenvalue weighted by atomic mass is 35.5. The summed E-state index contributed by atoms with van der Waals surface area (Å²) in [4.78, 5) is 30.2. The smallest absolute Gasteiger partial charge is 0.387 e. The molecule has 288 valence electrons. The monoisotopic (exact) mass is 780 g/mol. The third-order valence-corrected chi connectivity index (χ3v) is 11.8. The molecule has 0 bridgehead atoms. The molecule has 1 aliphatic carbocycles. The van der Waals surface area contributed by atoms with Crippen LogP contribution < -0.4 is 10.1 Å². The van der Waals surface area contributed by atoms with Gasteiger partial charge in [-0.3, -0.25) is 19.6 Å². The molecule has 11 nitrogen and oxygen atoms in total. The molecular weight excluding hydrogens is 742 g/mol. The number of likely N-dealkylation sites (tertiary alicyclic amines) is 2. The zero-order chi connectivity index (χ0) is 38.7. The van der Waals surface area contributed by atoms with Crippen LogP contribution in [-0.4, -0.2) is 79.8 Å². The van der Waals surface area contributed by atoms with E-state index in [0.717, 1.165) is 63.9 Å². The molecule has 9 rings (SSSR count). The van der Waals surface area contributed by atoms with Gasteiger partial charge in [-0.2, -0.15) is 8.78 Å². The first-order valence-corrected chi connectivity index (χ1v) is 19.2. The highest BCUT2D eigenvalue weighted by Crippen LogP contribution is 2.48. The lowest BCUT2D eigenvalue weighted by Gasteiger charge is -2.24. The molecule has 14 heteroatoms. The summed E-state index contributed by atoms with van der Waals surface area (Å²) in [6.45, 7) is 2.16. The Labute approximate surface area is 325 Å². The van der Waals surface area contributed by atoms with Crippen molar-refractivity contribution in [3.8, 4) is 28.3 Å². The number of oxazole rings is 1. The van der Waals surface area contributed by atoms with Crippen molar-refractivity contribution in [3.63, 3.8) is 0 Å². The first-order valence-electron chi connectivity index (χ1n) is 18.8. The van der Waals surface area contributed by atoms with Crippen LogP contribution in [0.3, 0.4) is 0 Å². The zero-order valence-corrected chi connectivity index (χ0v) is 31.3. The average molecular weight is 781 g/mol. The second kappa shape index (κ2) is 14.7. The summed E-state index contributed by atoms with van der Waals surface area (Å²) < 4.78 is 39.1. The SMILES string of the molecule is Cc1c(Nc2nccc3cc(CN4CC[C@@H](O)C4)cnc23)cccc1-c1cccc(-c2nc3cc4c(c(OC(F)F)c3o2)CC[C@H]4N2CC[C@@H](C(=O)O)C2)c1Cl. The molecule has 0 spiro atoms. The molecule has 3 atom stereocenters. The van der Waals surface area contributed by atoms with Gasteiger partial charge in [-0.1, -0.05) is 35.9 Å². The Bertz CT molecular complexity index is 2500. The third-order valence-electron chi connectivity index (χ3n) is 11.4. The number of aliphatic carboxylic acids is 1. The average Bonchev–Trinajstić information content (AvgIpc) is 3.99. The summed E-state index contributed by atoms with van der Waals surface area (Å²) in [5.74, 6) is -0.554. The van der Waals surface area contributed by atoms with Crippen LogP contribution in [0.25, 0.3) is 44.6 Å². The molecular formula is C42H39ClF2N6O5. The number of alkyl halides is 2. The molecule has 3 aliphatic rings. The molecule has 2 aliphatic heterocycles. The number of anilines is 2. The van der Waals surface area contributed by atoms with Crippen molar-refractivity contribution < 1.29 is 32.9 Å². The van der Waals surface area contributed by atoms with E-state index in [9.17, 15) is 23.8 Å². The maximum atomic E-state index is 13.9. The van der Waals surface area contributed by atoms with Crippen LogP contribution in [0.1, 0.15) is 47.6 Å². The number of aromatic nitrogens is 3. The standard InChI is InChI=1S/C42H39ClF2N6O5/c1-22-27(4-3-7-32(22)48-39-36-24(10-13-46-39)16-23(18-47-36)19-50-14-12-26(52)21-50)28-5-2-6-30(35(28)43)40-49-33-17-31-29(37(38(33)55-40)56-42(44)45)8-9-34(31)51-15-11-25(20-51)41(53)54/h2-7,10,13,16-18,25-26,34,42,52H,8-9,11-12,14-15,19-21H2,1H3,(H,46,48)(H,53,54)/t25-,26-,34-/m1/s1. The maximum Gasteiger partial charge on any atom is 0.387 e. The van der Waals surface area contributed by atoms with Gasteiger partial charge in [-0.15, -0.1) is 0 Å². The molecule has 2 saturated heterocycles. The molecule has 2 fully saturated rings. The summed E-state index contributed by atoms with van der Waals surface area (Å²) >= 11 is 7.16. The summed E-state index contributed by atoms with van der Waals surface area (Å²) in [5, 5.41) is 24.3. The summed E-state index contributed by atoms with van der Waals surface area (Å²) in [5.41, 5.74) is 7.50. The van der Waals surface area contributed by atoms with Gasteiger partial charge < -0.3 is 24.7 Å². The number of hydrogen-bond acceptors (Lipinski definition) is 10. The van der Waals surface area contributed by atoms with Gasteiger partial charge in [0, 0.05) is 66.8 Å². The minimum Gasteiger partial charge on any atom is -0.481 e. The van der Waals surface area contributed by atoms with Gasteiger partial charge in [0.25, 0.3) is 0 Å². The van der Waals surface area contributed by atoms with E-state index in [2.05, 4.69) is 26.2 Å². The lowest BCUT2D eigenvalue weighted by molar-refractivity contribution is -0.141. The van der Waals surface area contributed by atoms with Crippen molar-refractivity contribution in [3.05, 3.63) is 94.3 Å². The number of aliphatic hydroxyl groups is 1. The van der Waals surface area contributed by atoms with Gasteiger partial charge in [0.2, 0.25) is 5.89 Å². The van der Waals surface area contributed by atoms with Gasteiger partial charge in [-0.05, 0) is 91.7 Å². The fraction of sp³-hybridized carbons (Fsp3) is 0.333. The summed E-state index contributed by atoms with van der Waals surface area (Å²) in [7, 11) is 0. The predicted octanol–water partition coefficient (Wildman–Crippen LogP) is 8.37. The number of benzene rings is 3. The molecule has 0 radical (unpaired) electrons. The molecule has 3 N–H and O–H groups in total. The van der Waals surface area contributed by atoms with Gasteiger partial charge in [0.05, 0.1) is 22.6 Å². The van der Waals surface area contributed by atoms with E-state index >= 15 is 0 Å². The molecule has 6 aromatic rings. The van der Waals surface area contributed by atoms with E-state index in [1.807, 2.05) is 55.6 Å². The Hall–Kier alpha value is -5.21. The maximum absolute atomic E-state index is 13.9. The number of carboxylic acid groups (broad SMARTS) is 1. The van der Waals surface area contributed by atoms with Crippen LogP contribution in [-0.2, 0) is 17.8 Å². The minimum atomic E-state index is -3.08. The Morgan fingerprint density at radius 1 is 1.05 bits per heavy atom. The van der Waals surface area contributed by atoms with Crippen LogP contribution in [0.15, 0.2) is 71.4 Å². The fourth-order valence-electron chi connectivity index (χ4n) is 8.66. The Balaban J connectivity index is 1.03. The summed E-state index contributed by atoms with van der Waals surface area (Å²) in [6.07, 6.45) is 5.79. The second-order valence-corrected chi connectivity index (χ2v) is 15.3. The van der Waals surface area contributed by atoms with E-state index in [1.54, 1.807) is 12.3 Å². The number of nitrogens with zero attached hydrogens (tertiary/aromatic N) is 5. The van der Waals surface area contributed by atoms with Gasteiger partial charge in [-0.25, -0.2) is 9.97 Å². The lowest BCUT2D eigenvalue weighted by Crippen LogP contribution is -2.26. The highest BCUT2D eigenvalue weighted by molar-refractivity contribution is 6.36. The first-order chi connectivity index (χ1) is 27.1. The van der Waals surface area contributed by atoms with Crippen LogP contribution in [0.4, 0.5) is 20.3 Å². The minimum absolute atomic E-state index is 0.0381. The normalized spacial score (nSPS) is 20.1. The highest BCUT2D eigenvalue weighted by Gasteiger charge is 2.38. The van der Waals surface area contributed by atoms with E-state index in [1.165, 1.54) is 0 Å². The molecule has 0 saturated carbocycles. The van der Waals surface area contributed by atoms with E-state index in [-0.39, 0.29) is 29.4 Å². The molecule has 0 amide bonds. The molecule has 5 heterocycles. The number of ether oxygens (including phenoxy) is 1. The van der Waals surface area contributed by atoms with E-state index in [0.29, 0.717) is 66.4 Å². The second-order valence-electron chi connectivity index (χ2n) is 14.9. The number of halogens is 3. The van der Waals surface area contributed by atoms with Crippen molar-refractivity contribution in [2.24, 2.45) is 5.92 Å². The number of fused-ring (bicyclic) bond motifs is 3. The predicted molar refractivity (Wildman–Crippen MR) is 208 cm³/mol. The van der Waals surface area contributed by atoms with Crippen molar-refractivity contribution in [2.45, 2.75) is 57.9 Å². The number of nitrogens with one attached hydrogen (secondary N) is 1. The van der Waals surface area contributed by atoms with Crippen LogP contribution >= 0.6 is 11.6 Å². The topological polar surface area (TPSA) is 137 Å². The van der Waals surface area contributed by atoms with Crippen LogP contribution in [0.2, 0.25) is 5.02 Å². The van der Waals surface area contributed by atoms with Gasteiger partial charge in [0.1, 0.15) is 11.0 Å². The molecule has 3 aromatic heterocycles. The fourth-order valence-corrected chi connectivity index (χ4v) is 8.97. The molecule has 0 unspecified atom stereocenters. The number of hydrogen-bond donors (Lipinski definition) is 3. The van der Waals surface area contributed by atoms with Crippen molar-refractivity contribution >= 4 is 51.1 Å². The molecule has 3 aromatic carbocycles. The van der Waals surface area contributed by atoms with Crippen molar-refractivity contribution in [2.75, 3.05) is 31.5 Å². The van der Waals surface area contributed by atoms with Crippen LogP contribution in [0, 0.1) is 12.8 Å². The molecule has 56 heavy (non-hydrogen) atoms. The van der Waals surface area contributed by atoms with E-state index in [4.69, 9.17) is 30.7 Å². The van der Waals surface area contributed by atoms with E-state index < -0.39 is 18.5 Å². The Kier molecular flexibility index (Phi) is 9.56. The largest absolute Gasteiger partial charge is 0.481 e. The third kappa shape index (κ3) is 6.72. The van der Waals surface area contributed by atoms with Gasteiger partial charge >= 0.3 is 12.6 Å². The first kappa shape index (κ1) is 36.4. The number of rotatable bonds is 10. The number of carboxylic acids is 1. The number of aliphatic hydroxyl groups excluding tert-OH is 1.